The topological polar surface area (TPSA) is 112 Å². The standard InChI is InChI=1S/C20H21ClF2NO8P/c1-20(23)18(27)16(31-19(20)24-4-2-14(25)9-17(24)26)10-30-33(28)29-5-3-15(32-33)11-6-12(21)8-13(22)7-11/h2,4,6-8,15-16,18-19,27H,3,5,9-10H2,1H3/t15-,16-,18-,19-,20-,33?/m1/s1. The number of ketones is 1. The zero-order valence-electron chi connectivity index (χ0n) is 17.4. The van der Waals surface area contributed by atoms with Crippen LogP contribution in [0.3, 0.4) is 0 Å². The van der Waals surface area contributed by atoms with Crippen molar-refractivity contribution in [2.24, 2.45) is 0 Å². The lowest BCUT2D eigenvalue weighted by Crippen LogP contribution is -2.51. The van der Waals surface area contributed by atoms with Crippen LogP contribution in [-0.4, -0.2) is 59.0 Å². The molecule has 6 atom stereocenters. The lowest BCUT2D eigenvalue weighted by molar-refractivity contribution is -0.151. The minimum atomic E-state index is -4.18. The molecule has 1 N–H and O–H groups in total. The van der Waals surface area contributed by atoms with Gasteiger partial charge in [0.05, 0.1) is 25.7 Å². The van der Waals surface area contributed by atoms with E-state index in [-0.39, 0.29) is 18.1 Å². The number of amides is 1. The first kappa shape index (κ1) is 24.4. The number of ether oxygens (including phenoxy) is 1. The number of aliphatic hydroxyl groups excluding tert-OH is 1. The van der Waals surface area contributed by atoms with Crippen molar-refractivity contribution in [3.05, 3.63) is 46.9 Å². The van der Waals surface area contributed by atoms with Crippen LogP contribution in [0, 0.1) is 5.82 Å². The Morgan fingerprint density at radius 3 is 2.82 bits per heavy atom. The van der Waals surface area contributed by atoms with Crippen molar-refractivity contribution >= 4 is 31.1 Å². The molecule has 13 heteroatoms. The molecule has 0 aromatic heterocycles. The number of carbonyl (C=O) groups excluding carboxylic acids is 2. The summed E-state index contributed by atoms with van der Waals surface area (Å²) in [6.07, 6.45) is -3.45. The van der Waals surface area contributed by atoms with Gasteiger partial charge in [-0.25, -0.2) is 13.3 Å². The quantitative estimate of drug-likeness (QED) is 0.478. The number of phosphoric acid groups is 1. The molecule has 1 aromatic carbocycles. The molecule has 0 bridgehead atoms. The summed E-state index contributed by atoms with van der Waals surface area (Å²) in [4.78, 5) is 24.4. The Kier molecular flexibility index (Phi) is 6.76. The highest BCUT2D eigenvalue weighted by Crippen LogP contribution is 2.57. The first-order valence-electron chi connectivity index (χ1n) is 10.1. The van der Waals surface area contributed by atoms with Crippen LogP contribution in [0.4, 0.5) is 8.78 Å². The van der Waals surface area contributed by atoms with E-state index in [0.29, 0.717) is 5.56 Å². The van der Waals surface area contributed by atoms with E-state index in [0.717, 1.165) is 30.2 Å². The zero-order valence-corrected chi connectivity index (χ0v) is 19.0. The number of allylic oxidation sites excluding steroid dienone is 1. The van der Waals surface area contributed by atoms with E-state index in [1.807, 2.05) is 0 Å². The van der Waals surface area contributed by atoms with Crippen molar-refractivity contribution in [2.75, 3.05) is 13.2 Å². The number of aliphatic hydroxyl groups is 1. The molecule has 1 amide bonds. The van der Waals surface area contributed by atoms with Gasteiger partial charge in [-0.15, -0.1) is 0 Å². The summed E-state index contributed by atoms with van der Waals surface area (Å²) in [6, 6.07) is 3.76. The second-order valence-corrected chi connectivity index (χ2v) is 10.1. The van der Waals surface area contributed by atoms with E-state index in [4.69, 9.17) is 29.9 Å². The van der Waals surface area contributed by atoms with E-state index in [1.54, 1.807) is 0 Å². The average molecular weight is 508 g/mol. The molecule has 1 unspecified atom stereocenters. The van der Waals surface area contributed by atoms with Gasteiger partial charge in [0, 0.05) is 17.6 Å². The van der Waals surface area contributed by atoms with Crippen LogP contribution in [-0.2, 0) is 32.5 Å². The molecular weight excluding hydrogens is 487 g/mol. The van der Waals surface area contributed by atoms with Crippen molar-refractivity contribution < 1.29 is 46.3 Å². The summed E-state index contributed by atoms with van der Waals surface area (Å²) in [6.45, 7) is 0.420. The molecule has 9 nitrogen and oxygen atoms in total. The Hall–Kier alpha value is -1.72. The number of phosphoric ester groups is 1. The van der Waals surface area contributed by atoms with E-state index < -0.39 is 68.6 Å². The number of nitrogens with zero attached hydrogens (tertiary/aromatic N) is 1. The highest BCUT2D eigenvalue weighted by atomic mass is 35.5. The van der Waals surface area contributed by atoms with Crippen LogP contribution in [0.15, 0.2) is 30.5 Å². The molecule has 3 aliphatic rings. The van der Waals surface area contributed by atoms with Gasteiger partial charge in [0.2, 0.25) is 5.91 Å². The van der Waals surface area contributed by atoms with E-state index >= 15 is 4.39 Å². The first-order valence-corrected chi connectivity index (χ1v) is 11.9. The molecule has 180 valence electrons. The minimum absolute atomic E-state index is 0.0330. The summed E-state index contributed by atoms with van der Waals surface area (Å²) in [5.74, 6) is -1.72. The molecule has 33 heavy (non-hydrogen) atoms. The molecule has 3 heterocycles. The maximum atomic E-state index is 15.3. The van der Waals surface area contributed by atoms with Crippen LogP contribution in [0.25, 0.3) is 0 Å². The summed E-state index contributed by atoms with van der Waals surface area (Å²) in [7, 11) is -4.18. The Morgan fingerprint density at radius 1 is 1.36 bits per heavy atom. The van der Waals surface area contributed by atoms with Crippen LogP contribution in [0.1, 0.15) is 31.4 Å². The Bertz CT molecular complexity index is 1020. The summed E-state index contributed by atoms with van der Waals surface area (Å²) in [5, 5.41) is 10.6. The normalized spacial score (nSPS) is 37.1. The molecule has 2 saturated heterocycles. The Morgan fingerprint density at radius 2 is 2.12 bits per heavy atom. The Labute approximate surface area is 192 Å². The molecule has 4 rings (SSSR count). The number of hydrogen-bond acceptors (Lipinski definition) is 8. The molecule has 1 aromatic rings. The fourth-order valence-corrected chi connectivity index (χ4v) is 5.46. The molecular formula is C20H21ClF2NO8P. The third-order valence-corrected chi connectivity index (χ3v) is 7.24. The van der Waals surface area contributed by atoms with Crippen LogP contribution in [0.2, 0.25) is 5.02 Å². The maximum absolute atomic E-state index is 15.3. The number of hydrogen-bond donors (Lipinski definition) is 1. The van der Waals surface area contributed by atoms with Gasteiger partial charge in [-0.1, -0.05) is 11.6 Å². The molecule has 2 fully saturated rings. The monoisotopic (exact) mass is 507 g/mol. The average Bonchev–Trinajstić information content (AvgIpc) is 2.95. The van der Waals surface area contributed by atoms with Gasteiger partial charge in [0.25, 0.3) is 0 Å². The fourth-order valence-electron chi connectivity index (χ4n) is 3.84. The van der Waals surface area contributed by atoms with Crippen molar-refractivity contribution in [3.63, 3.8) is 0 Å². The lowest BCUT2D eigenvalue weighted by atomic mass is 9.97. The third-order valence-electron chi connectivity index (χ3n) is 5.54. The summed E-state index contributed by atoms with van der Waals surface area (Å²) < 4.78 is 63.2. The highest BCUT2D eigenvalue weighted by molar-refractivity contribution is 7.48. The van der Waals surface area contributed by atoms with Crippen LogP contribution in [0.5, 0.6) is 0 Å². The molecule has 0 aliphatic carbocycles. The fraction of sp³-hybridized carbons (Fsp3) is 0.500. The second kappa shape index (κ2) is 9.14. The SMILES string of the molecule is C[C@@]1(F)[C@H](O)[C@@H](COP2(=O)OCC[C@H](c3cc(F)cc(Cl)c3)O2)O[C@H]1N1C=CC(=O)CC1=O. The van der Waals surface area contributed by atoms with Crippen molar-refractivity contribution in [1.29, 1.82) is 0 Å². The van der Waals surface area contributed by atoms with Gasteiger partial charge in [0.1, 0.15) is 18.0 Å². The van der Waals surface area contributed by atoms with Crippen molar-refractivity contribution in [1.82, 2.24) is 4.90 Å². The number of halogens is 3. The predicted octanol–water partition coefficient (Wildman–Crippen LogP) is 3.21. The van der Waals surface area contributed by atoms with Crippen molar-refractivity contribution in [2.45, 2.75) is 50.0 Å². The van der Waals surface area contributed by atoms with E-state index in [2.05, 4.69) is 0 Å². The zero-order chi connectivity index (χ0) is 24.0. The lowest BCUT2D eigenvalue weighted by Gasteiger charge is -2.32. The summed E-state index contributed by atoms with van der Waals surface area (Å²) in [5.41, 5.74) is -2.08. The van der Waals surface area contributed by atoms with Gasteiger partial charge in [-0.05, 0) is 36.8 Å². The number of rotatable bonds is 5. The maximum Gasteiger partial charge on any atom is 0.475 e. The van der Waals surface area contributed by atoms with Gasteiger partial charge < -0.3 is 9.84 Å². The van der Waals surface area contributed by atoms with Gasteiger partial charge >= 0.3 is 7.82 Å². The molecule has 3 aliphatic heterocycles. The van der Waals surface area contributed by atoms with Crippen molar-refractivity contribution in [3.8, 4) is 0 Å². The number of alkyl halides is 1. The summed E-state index contributed by atoms with van der Waals surface area (Å²) >= 11 is 5.87. The molecule has 0 saturated carbocycles. The smallest absolute Gasteiger partial charge is 0.387 e. The van der Waals surface area contributed by atoms with Gasteiger partial charge in [-0.3, -0.25) is 28.1 Å². The molecule has 0 spiro atoms. The number of benzene rings is 1. The molecule has 0 radical (unpaired) electrons. The second-order valence-electron chi connectivity index (χ2n) is 8.04. The van der Waals surface area contributed by atoms with Crippen LogP contribution < -0.4 is 0 Å². The number of carbonyl (C=O) groups is 2. The van der Waals surface area contributed by atoms with Gasteiger partial charge in [-0.2, -0.15) is 0 Å². The third kappa shape index (κ3) is 5.05. The van der Waals surface area contributed by atoms with Gasteiger partial charge in [0.15, 0.2) is 17.7 Å². The largest absolute Gasteiger partial charge is 0.475 e. The van der Waals surface area contributed by atoms with E-state index in [9.17, 15) is 23.7 Å². The van der Waals surface area contributed by atoms with E-state index in [1.165, 1.54) is 12.1 Å². The predicted molar refractivity (Wildman–Crippen MR) is 109 cm³/mol. The highest BCUT2D eigenvalue weighted by Gasteiger charge is 2.57. The van der Waals surface area contributed by atoms with Crippen LogP contribution >= 0.6 is 19.4 Å². The Balaban J connectivity index is 1.43. The minimum Gasteiger partial charge on any atom is -0.387 e. The first-order chi connectivity index (χ1) is 15.5.